The second kappa shape index (κ2) is 4.77. The number of fused-ring (bicyclic) bond motifs is 1. The average Bonchev–Trinajstić information content (AvgIpc) is 2.39. The number of nitrogen functional groups attached to an aromatic ring is 1. The van der Waals surface area contributed by atoms with Crippen LogP contribution in [-0.4, -0.2) is 17.5 Å². The minimum Gasteiger partial charge on any atom is -0.398 e. The Kier molecular flexibility index (Phi) is 3.56. The third-order valence-corrected chi connectivity index (χ3v) is 3.50. The van der Waals surface area contributed by atoms with Crippen molar-refractivity contribution in [3.63, 3.8) is 0 Å². The first-order valence-electron chi connectivity index (χ1n) is 6.05. The van der Waals surface area contributed by atoms with Crippen LogP contribution in [0.1, 0.15) is 11.1 Å². The molecule has 120 valence electrons. The van der Waals surface area contributed by atoms with E-state index < -0.39 is 28.9 Å². The maximum atomic E-state index is 13.0. The van der Waals surface area contributed by atoms with Crippen LogP contribution < -0.4 is 5.73 Å². The molecule has 2 aromatic rings. The molecule has 0 aliphatic heterocycles. The number of benzene rings is 2. The summed E-state index contributed by atoms with van der Waals surface area (Å²) in [4.78, 5) is 0. The van der Waals surface area contributed by atoms with Crippen LogP contribution >= 0.6 is 0 Å². The monoisotopic (exact) mass is 323 g/mol. The van der Waals surface area contributed by atoms with Gasteiger partial charge < -0.3 is 10.8 Å². The second-order valence-corrected chi connectivity index (χ2v) is 4.91. The van der Waals surface area contributed by atoms with Crippen molar-refractivity contribution in [2.75, 3.05) is 5.73 Å². The summed E-state index contributed by atoms with van der Waals surface area (Å²) < 4.78 is 78.3. The minimum atomic E-state index is -5.93. The molecular weight excluding hydrogens is 312 g/mol. The van der Waals surface area contributed by atoms with Crippen molar-refractivity contribution in [2.24, 2.45) is 0 Å². The van der Waals surface area contributed by atoms with Crippen molar-refractivity contribution >= 4 is 16.5 Å². The zero-order valence-corrected chi connectivity index (χ0v) is 11.2. The molecule has 0 fully saturated rings. The molecule has 8 heteroatoms. The van der Waals surface area contributed by atoms with E-state index in [-0.39, 0.29) is 16.6 Å². The van der Waals surface area contributed by atoms with Crippen LogP contribution in [-0.2, 0) is 5.60 Å². The standard InChI is InChI=1S/C14H11F6NO/c1-7-6-10(8-4-2-3-5-9(8)11(7)21)12(22,13(15,16)17)14(18,19)20/h2-6,22H,21H2,1H3. The van der Waals surface area contributed by atoms with E-state index in [1.807, 2.05) is 0 Å². The molecule has 22 heavy (non-hydrogen) atoms. The lowest BCUT2D eigenvalue weighted by Gasteiger charge is -2.34. The van der Waals surface area contributed by atoms with Gasteiger partial charge in [0.15, 0.2) is 0 Å². The van der Waals surface area contributed by atoms with E-state index in [4.69, 9.17) is 5.73 Å². The van der Waals surface area contributed by atoms with Crippen molar-refractivity contribution in [3.8, 4) is 0 Å². The van der Waals surface area contributed by atoms with Gasteiger partial charge in [0.25, 0.3) is 5.60 Å². The zero-order valence-electron chi connectivity index (χ0n) is 11.2. The van der Waals surface area contributed by atoms with Crippen LogP contribution in [0, 0.1) is 6.92 Å². The smallest absolute Gasteiger partial charge is 0.398 e. The number of halogens is 6. The van der Waals surface area contributed by atoms with Gasteiger partial charge in [0.1, 0.15) is 0 Å². The highest BCUT2D eigenvalue weighted by atomic mass is 19.4. The topological polar surface area (TPSA) is 46.2 Å². The van der Waals surface area contributed by atoms with E-state index in [1.165, 1.54) is 25.1 Å². The van der Waals surface area contributed by atoms with Gasteiger partial charge in [-0.3, -0.25) is 0 Å². The summed E-state index contributed by atoms with van der Waals surface area (Å²) in [6, 6.07) is 5.69. The van der Waals surface area contributed by atoms with E-state index in [9.17, 15) is 31.4 Å². The Balaban J connectivity index is 2.97. The van der Waals surface area contributed by atoms with E-state index in [2.05, 4.69) is 0 Å². The Hall–Kier alpha value is -1.96. The Morgan fingerprint density at radius 1 is 0.909 bits per heavy atom. The van der Waals surface area contributed by atoms with E-state index in [1.54, 1.807) is 0 Å². The Labute approximate surface area is 121 Å². The fraction of sp³-hybridized carbons (Fsp3) is 0.286. The van der Waals surface area contributed by atoms with E-state index >= 15 is 0 Å². The highest BCUT2D eigenvalue weighted by Crippen LogP contribution is 2.52. The quantitative estimate of drug-likeness (QED) is 0.614. The summed E-state index contributed by atoms with van der Waals surface area (Å²) in [6.45, 7) is 1.28. The van der Waals surface area contributed by atoms with Crippen LogP contribution in [0.25, 0.3) is 10.8 Å². The third-order valence-electron chi connectivity index (χ3n) is 3.50. The average molecular weight is 323 g/mol. The van der Waals surface area contributed by atoms with Crippen molar-refractivity contribution in [3.05, 3.63) is 41.5 Å². The van der Waals surface area contributed by atoms with Crippen molar-refractivity contribution in [1.82, 2.24) is 0 Å². The number of hydrogen-bond donors (Lipinski definition) is 2. The van der Waals surface area contributed by atoms with Gasteiger partial charge in [-0.2, -0.15) is 26.3 Å². The molecule has 3 N–H and O–H groups in total. The molecule has 0 radical (unpaired) electrons. The molecule has 0 atom stereocenters. The molecule has 2 rings (SSSR count). The molecule has 0 saturated carbocycles. The van der Waals surface area contributed by atoms with Gasteiger partial charge >= 0.3 is 12.4 Å². The molecule has 0 aliphatic rings. The first-order valence-corrected chi connectivity index (χ1v) is 6.05. The lowest BCUT2D eigenvalue weighted by atomic mass is 9.86. The summed E-state index contributed by atoms with van der Waals surface area (Å²) in [6.07, 6.45) is -11.9. The number of anilines is 1. The number of nitrogens with two attached hydrogens (primary N) is 1. The van der Waals surface area contributed by atoms with Gasteiger partial charge in [0.2, 0.25) is 0 Å². The summed E-state index contributed by atoms with van der Waals surface area (Å²) >= 11 is 0. The Morgan fingerprint density at radius 2 is 1.36 bits per heavy atom. The van der Waals surface area contributed by atoms with Crippen molar-refractivity contribution in [2.45, 2.75) is 24.9 Å². The molecule has 0 amide bonds. The predicted octanol–water partition coefficient (Wildman–Crippen LogP) is 4.04. The lowest BCUT2D eigenvalue weighted by molar-refractivity contribution is -0.375. The number of hydrogen-bond acceptors (Lipinski definition) is 2. The van der Waals surface area contributed by atoms with Gasteiger partial charge in [0, 0.05) is 16.6 Å². The SMILES string of the molecule is Cc1cc(C(O)(C(F)(F)F)C(F)(F)F)c2ccccc2c1N. The first-order chi connectivity index (χ1) is 9.91. The molecule has 0 aromatic heterocycles. The number of rotatable bonds is 1. The van der Waals surface area contributed by atoms with Crippen LogP contribution in [0.4, 0.5) is 32.0 Å². The molecule has 2 aromatic carbocycles. The zero-order chi connectivity index (χ0) is 16.9. The van der Waals surface area contributed by atoms with Crippen LogP contribution in [0.15, 0.2) is 30.3 Å². The summed E-state index contributed by atoms with van der Waals surface area (Å²) in [5.41, 5.74) is -0.477. The van der Waals surface area contributed by atoms with Crippen molar-refractivity contribution in [1.29, 1.82) is 0 Å². The molecular formula is C14H11F6NO. The Bertz CT molecular complexity index is 706. The van der Waals surface area contributed by atoms with Crippen LogP contribution in [0.5, 0.6) is 0 Å². The number of alkyl halides is 6. The van der Waals surface area contributed by atoms with Gasteiger partial charge in [-0.05, 0) is 23.9 Å². The molecule has 0 spiro atoms. The largest absolute Gasteiger partial charge is 0.430 e. The molecule has 0 unspecified atom stereocenters. The van der Waals surface area contributed by atoms with E-state index in [0.29, 0.717) is 6.07 Å². The third kappa shape index (κ3) is 2.18. The fourth-order valence-corrected chi connectivity index (χ4v) is 2.30. The second-order valence-electron chi connectivity index (χ2n) is 4.91. The summed E-state index contributed by atoms with van der Waals surface area (Å²) in [7, 11) is 0. The van der Waals surface area contributed by atoms with Gasteiger partial charge in [0.05, 0.1) is 0 Å². The Morgan fingerprint density at radius 3 is 1.82 bits per heavy atom. The molecule has 0 aliphatic carbocycles. The summed E-state index contributed by atoms with van der Waals surface area (Å²) in [5, 5.41) is 9.20. The van der Waals surface area contributed by atoms with Gasteiger partial charge in [-0.15, -0.1) is 0 Å². The normalized spacial score (nSPS) is 13.6. The van der Waals surface area contributed by atoms with Gasteiger partial charge in [-0.25, -0.2) is 0 Å². The molecule has 2 nitrogen and oxygen atoms in total. The fourth-order valence-electron chi connectivity index (χ4n) is 2.30. The lowest BCUT2D eigenvalue weighted by Crippen LogP contribution is -2.54. The first kappa shape index (κ1) is 16.4. The predicted molar refractivity (Wildman–Crippen MR) is 69.1 cm³/mol. The maximum absolute atomic E-state index is 13.0. The molecule has 0 saturated heterocycles. The minimum absolute atomic E-state index is 0.0145. The van der Waals surface area contributed by atoms with E-state index in [0.717, 1.165) is 6.07 Å². The molecule has 0 heterocycles. The van der Waals surface area contributed by atoms with Crippen LogP contribution in [0.2, 0.25) is 0 Å². The van der Waals surface area contributed by atoms with Crippen LogP contribution in [0.3, 0.4) is 0 Å². The molecule has 0 bridgehead atoms. The maximum Gasteiger partial charge on any atom is 0.430 e. The highest BCUT2D eigenvalue weighted by molar-refractivity contribution is 5.97. The van der Waals surface area contributed by atoms with Crippen molar-refractivity contribution < 1.29 is 31.4 Å². The highest BCUT2D eigenvalue weighted by Gasteiger charge is 2.71. The van der Waals surface area contributed by atoms with Gasteiger partial charge in [-0.1, -0.05) is 24.3 Å². The number of aliphatic hydroxyl groups is 1. The summed E-state index contributed by atoms with van der Waals surface area (Å²) in [5.74, 6) is 0. The number of aryl methyl sites for hydroxylation is 1.